The number of fused-ring (bicyclic) bond motifs is 1. The maximum Gasteiger partial charge on any atom is 0.263 e. The van der Waals surface area contributed by atoms with E-state index in [1.165, 1.54) is 6.07 Å². The van der Waals surface area contributed by atoms with E-state index in [1.807, 2.05) is 24.3 Å². The molecule has 1 atom stereocenters. The summed E-state index contributed by atoms with van der Waals surface area (Å²) in [5.74, 6) is -1.66. The summed E-state index contributed by atoms with van der Waals surface area (Å²) >= 11 is 0. The summed E-state index contributed by atoms with van der Waals surface area (Å²) in [5, 5.41) is 2.53. The van der Waals surface area contributed by atoms with Crippen LogP contribution in [0, 0.1) is 11.6 Å². The second kappa shape index (κ2) is 9.91. The van der Waals surface area contributed by atoms with Gasteiger partial charge in [-0.25, -0.2) is 8.78 Å². The number of rotatable bonds is 6. The standard InChI is InChI=1S/C26H24F2N2O4/c1-16-26(32)30(13-12-17-6-9-20(33-2)10-7-17)15-18-14-19(8-11-23(18)34-16)29-25(31)24-21(27)4-3-5-22(24)28/h3-11,14,16H,12-13,15H2,1-2H3,(H,29,31). The Hall–Kier alpha value is -3.94. The molecule has 0 spiro atoms. The molecule has 0 bridgehead atoms. The number of methoxy groups -OCH3 is 1. The monoisotopic (exact) mass is 466 g/mol. The first-order chi connectivity index (χ1) is 16.4. The van der Waals surface area contributed by atoms with Gasteiger partial charge in [-0.3, -0.25) is 9.59 Å². The summed E-state index contributed by atoms with van der Waals surface area (Å²) in [6.45, 7) is 2.43. The van der Waals surface area contributed by atoms with Crippen LogP contribution in [0.4, 0.5) is 14.5 Å². The molecule has 0 aliphatic carbocycles. The Morgan fingerprint density at radius 1 is 1.12 bits per heavy atom. The third-order valence-corrected chi connectivity index (χ3v) is 5.66. The van der Waals surface area contributed by atoms with Gasteiger partial charge in [-0.15, -0.1) is 0 Å². The number of ether oxygens (including phenoxy) is 2. The van der Waals surface area contributed by atoms with Gasteiger partial charge in [0.25, 0.3) is 11.8 Å². The number of carbonyl (C=O) groups is 2. The zero-order valence-electron chi connectivity index (χ0n) is 18.8. The third-order valence-electron chi connectivity index (χ3n) is 5.66. The molecule has 6 nitrogen and oxygen atoms in total. The Morgan fingerprint density at radius 2 is 1.82 bits per heavy atom. The van der Waals surface area contributed by atoms with Gasteiger partial charge in [0.15, 0.2) is 6.10 Å². The number of nitrogens with zero attached hydrogens (tertiary/aromatic N) is 1. The van der Waals surface area contributed by atoms with Gasteiger partial charge >= 0.3 is 0 Å². The molecule has 0 fully saturated rings. The topological polar surface area (TPSA) is 67.9 Å². The largest absolute Gasteiger partial charge is 0.497 e. The lowest BCUT2D eigenvalue weighted by Crippen LogP contribution is -2.39. The van der Waals surface area contributed by atoms with Crippen LogP contribution in [0.3, 0.4) is 0 Å². The normalized spacial score (nSPS) is 15.2. The van der Waals surface area contributed by atoms with Crippen molar-refractivity contribution >= 4 is 17.5 Å². The van der Waals surface area contributed by atoms with Crippen molar-refractivity contribution in [1.82, 2.24) is 4.90 Å². The van der Waals surface area contributed by atoms with Crippen LogP contribution >= 0.6 is 0 Å². The Balaban J connectivity index is 1.51. The molecule has 8 heteroatoms. The van der Waals surface area contributed by atoms with E-state index in [2.05, 4.69) is 5.32 Å². The van der Waals surface area contributed by atoms with E-state index in [4.69, 9.17) is 9.47 Å². The van der Waals surface area contributed by atoms with Crippen LogP contribution in [0.5, 0.6) is 11.5 Å². The summed E-state index contributed by atoms with van der Waals surface area (Å²) < 4.78 is 38.9. The van der Waals surface area contributed by atoms with E-state index in [9.17, 15) is 18.4 Å². The molecule has 0 saturated carbocycles. The van der Waals surface area contributed by atoms with Crippen molar-refractivity contribution in [2.75, 3.05) is 19.0 Å². The van der Waals surface area contributed by atoms with Crippen LogP contribution in [0.1, 0.15) is 28.4 Å². The van der Waals surface area contributed by atoms with Crippen LogP contribution in [0.15, 0.2) is 60.7 Å². The lowest BCUT2D eigenvalue weighted by molar-refractivity contribution is -0.137. The van der Waals surface area contributed by atoms with E-state index < -0.39 is 29.2 Å². The molecular formula is C26H24F2N2O4. The SMILES string of the molecule is COc1ccc(CCN2Cc3cc(NC(=O)c4c(F)cccc4F)ccc3OC(C)C2=O)cc1. The highest BCUT2D eigenvalue weighted by Gasteiger charge is 2.28. The van der Waals surface area contributed by atoms with Crippen molar-refractivity contribution in [3.63, 3.8) is 0 Å². The summed E-state index contributed by atoms with van der Waals surface area (Å²) in [4.78, 5) is 27.1. The van der Waals surface area contributed by atoms with Crippen molar-refractivity contribution in [2.45, 2.75) is 26.0 Å². The molecule has 0 radical (unpaired) electrons. The molecule has 0 saturated heterocycles. The molecule has 1 heterocycles. The summed E-state index contributed by atoms with van der Waals surface area (Å²) in [6.07, 6.45) is -0.0362. The number of nitrogens with one attached hydrogen (secondary N) is 1. The molecule has 1 aliphatic heterocycles. The quantitative estimate of drug-likeness (QED) is 0.578. The van der Waals surface area contributed by atoms with Gasteiger partial charge in [0.2, 0.25) is 0 Å². The number of hydrogen-bond acceptors (Lipinski definition) is 4. The molecule has 1 aliphatic rings. The first kappa shape index (κ1) is 23.2. The first-order valence-electron chi connectivity index (χ1n) is 10.8. The minimum Gasteiger partial charge on any atom is -0.497 e. The predicted molar refractivity (Wildman–Crippen MR) is 123 cm³/mol. The van der Waals surface area contributed by atoms with Gasteiger partial charge in [-0.05, 0) is 61.4 Å². The molecule has 176 valence electrons. The van der Waals surface area contributed by atoms with E-state index in [0.29, 0.717) is 30.0 Å². The third kappa shape index (κ3) is 5.01. The molecule has 0 aromatic heterocycles. The fourth-order valence-corrected chi connectivity index (χ4v) is 3.83. The Morgan fingerprint density at radius 3 is 2.50 bits per heavy atom. The number of anilines is 1. The minimum atomic E-state index is -0.945. The number of halogens is 2. The second-order valence-corrected chi connectivity index (χ2v) is 7.99. The molecule has 3 aromatic rings. The summed E-state index contributed by atoms with van der Waals surface area (Å²) in [5.41, 5.74) is 1.42. The van der Waals surface area contributed by atoms with Crippen LogP contribution < -0.4 is 14.8 Å². The highest BCUT2D eigenvalue weighted by Crippen LogP contribution is 2.29. The smallest absolute Gasteiger partial charge is 0.263 e. The average Bonchev–Trinajstić information content (AvgIpc) is 2.94. The maximum atomic E-state index is 14.0. The maximum absolute atomic E-state index is 14.0. The van der Waals surface area contributed by atoms with Crippen molar-refractivity contribution < 1.29 is 27.8 Å². The van der Waals surface area contributed by atoms with Crippen LogP contribution in [0.25, 0.3) is 0 Å². The zero-order chi connectivity index (χ0) is 24.2. The van der Waals surface area contributed by atoms with Gasteiger partial charge in [0.1, 0.15) is 28.7 Å². The Labute approximate surface area is 196 Å². The molecule has 1 unspecified atom stereocenters. The van der Waals surface area contributed by atoms with Gasteiger partial charge < -0.3 is 19.7 Å². The predicted octanol–water partition coefficient (Wildman–Crippen LogP) is 4.58. The lowest BCUT2D eigenvalue weighted by Gasteiger charge is -2.22. The average molecular weight is 466 g/mol. The summed E-state index contributed by atoms with van der Waals surface area (Å²) in [7, 11) is 1.60. The van der Waals surface area contributed by atoms with Crippen LogP contribution in [-0.4, -0.2) is 36.5 Å². The van der Waals surface area contributed by atoms with Gasteiger partial charge in [0, 0.05) is 24.3 Å². The van der Waals surface area contributed by atoms with Crippen molar-refractivity contribution in [3.05, 3.63) is 89.0 Å². The molecule has 1 N–H and O–H groups in total. The van der Waals surface area contributed by atoms with Crippen molar-refractivity contribution in [3.8, 4) is 11.5 Å². The Kier molecular flexibility index (Phi) is 6.77. The zero-order valence-corrected chi connectivity index (χ0v) is 18.8. The fourth-order valence-electron chi connectivity index (χ4n) is 3.83. The summed E-state index contributed by atoms with van der Waals surface area (Å²) in [6, 6.07) is 15.7. The van der Waals surface area contributed by atoms with E-state index >= 15 is 0 Å². The molecule has 3 aromatic carbocycles. The van der Waals surface area contributed by atoms with E-state index in [-0.39, 0.29) is 12.5 Å². The molecule has 2 amide bonds. The first-order valence-corrected chi connectivity index (χ1v) is 10.8. The van der Waals surface area contributed by atoms with Gasteiger partial charge in [-0.1, -0.05) is 18.2 Å². The fraction of sp³-hybridized carbons (Fsp3) is 0.231. The van der Waals surface area contributed by atoms with Gasteiger partial charge in [0.05, 0.1) is 7.11 Å². The molecule has 4 rings (SSSR count). The molecular weight excluding hydrogens is 442 g/mol. The van der Waals surface area contributed by atoms with Crippen molar-refractivity contribution in [1.29, 1.82) is 0 Å². The molecule has 34 heavy (non-hydrogen) atoms. The second-order valence-electron chi connectivity index (χ2n) is 7.99. The number of benzene rings is 3. The van der Waals surface area contributed by atoms with Crippen LogP contribution in [-0.2, 0) is 17.8 Å². The number of hydrogen-bond donors (Lipinski definition) is 1. The number of carbonyl (C=O) groups excluding carboxylic acids is 2. The van der Waals surface area contributed by atoms with E-state index in [1.54, 1.807) is 37.1 Å². The van der Waals surface area contributed by atoms with Crippen molar-refractivity contribution in [2.24, 2.45) is 0 Å². The number of amides is 2. The lowest BCUT2D eigenvalue weighted by atomic mass is 10.1. The van der Waals surface area contributed by atoms with Crippen LogP contribution in [0.2, 0.25) is 0 Å². The Bertz CT molecular complexity index is 1190. The highest BCUT2D eigenvalue weighted by atomic mass is 19.1. The minimum absolute atomic E-state index is 0.149. The highest BCUT2D eigenvalue weighted by molar-refractivity contribution is 6.04. The van der Waals surface area contributed by atoms with E-state index in [0.717, 1.165) is 23.4 Å². The van der Waals surface area contributed by atoms with Gasteiger partial charge in [-0.2, -0.15) is 0 Å².